The zero-order chi connectivity index (χ0) is 40.6. The Labute approximate surface area is 350 Å². The summed E-state index contributed by atoms with van der Waals surface area (Å²) in [5.41, 5.74) is 2.39. The Bertz CT molecular complexity index is 2370. The molecule has 5 heterocycles. The number of aryl methyl sites for hydroxylation is 1. The molecule has 2 atom stereocenters. The molecule has 0 N–H and O–H groups in total. The number of hydrogen-bond acceptors (Lipinski definition) is 7. The standard InChI is InChI=1S/C50H58FN5O2Si/c1-5-36-19-16-20-37-21-17-26-41(43(36)37)45-44(51)46-42(33-52-45)47(55-30-14-6-7-15-31-55)54-48(53-46)57-35-50-28-18-32-56(50)38(27-29-50)34-58-59(49(2,3)4,39-22-10-8-11-23-39)40-24-12-9-13-25-40/h8-13,16-17,19-26,33,38H,5-7,14-15,18,27-32,34-35H2,1-4H3/t38-,50+/m0/s1. The van der Waals surface area contributed by atoms with E-state index in [1.807, 2.05) is 12.1 Å². The second kappa shape index (κ2) is 16.4. The highest BCUT2D eigenvalue weighted by Crippen LogP contribution is 2.45. The molecule has 3 aliphatic rings. The number of anilines is 1. The fourth-order valence-corrected chi connectivity index (χ4v) is 15.3. The van der Waals surface area contributed by atoms with E-state index in [2.05, 4.69) is 122 Å². The summed E-state index contributed by atoms with van der Waals surface area (Å²) in [6.07, 6.45) is 11.3. The SMILES string of the molecule is CCc1cccc2cccc(-c3ncc4c(N5CCCCCC5)nc(OC[C@]56CCCN5[C@H](CO[Si](c5ccccc5)(c5ccccc5)C(C)(C)C)CC6)nc4c3F)c12. The minimum absolute atomic E-state index is 0.0887. The van der Waals surface area contributed by atoms with E-state index in [1.165, 1.54) is 28.8 Å². The average Bonchev–Trinajstić information content (AvgIpc) is 3.70. The Balaban J connectivity index is 1.04. The van der Waals surface area contributed by atoms with Crippen molar-refractivity contribution in [2.75, 3.05) is 37.7 Å². The van der Waals surface area contributed by atoms with Crippen LogP contribution in [0.25, 0.3) is 32.9 Å². The molecular weight excluding hydrogens is 750 g/mol. The van der Waals surface area contributed by atoms with Gasteiger partial charge in [0.05, 0.1) is 17.5 Å². The molecule has 4 aromatic carbocycles. The summed E-state index contributed by atoms with van der Waals surface area (Å²) in [4.78, 5) is 19.8. The first kappa shape index (κ1) is 39.7. The zero-order valence-electron chi connectivity index (χ0n) is 35.2. The highest BCUT2D eigenvalue weighted by atomic mass is 28.4. The fraction of sp³-hybridized carbons (Fsp3) is 0.420. The molecule has 0 aliphatic carbocycles. The van der Waals surface area contributed by atoms with Gasteiger partial charge in [-0.05, 0) is 83.2 Å². The van der Waals surface area contributed by atoms with Gasteiger partial charge in [0.1, 0.15) is 23.6 Å². The molecule has 0 radical (unpaired) electrons. The molecule has 9 heteroatoms. The lowest BCUT2D eigenvalue weighted by Gasteiger charge is -2.44. The topological polar surface area (TPSA) is 63.6 Å². The lowest BCUT2D eigenvalue weighted by atomic mass is 9.95. The molecule has 306 valence electrons. The Hall–Kier alpha value is -4.70. The van der Waals surface area contributed by atoms with Gasteiger partial charge in [0.15, 0.2) is 5.82 Å². The van der Waals surface area contributed by atoms with Crippen molar-refractivity contribution in [3.63, 3.8) is 0 Å². The van der Waals surface area contributed by atoms with E-state index in [0.29, 0.717) is 24.3 Å². The highest BCUT2D eigenvalue weighted by molar-refractivity contribution is 6.99. The first-order valence-corrected chi connectivity index (χ1v) is 23.9. The molecule has 3 fully saturated rings. The summed E-state index contributed by atoms with van der Waals surface area (Å²) in [5.74, 6) is 0.298. The summed E-state index contributed by atoms with van der Waals surface area (Å²) in [7, 11) is -2.69. The maximum Gasteiger partial charge on any atom is 0.319 e. The smallest absolute Gasteiger partial charge is 0.319 e. The number of nitrogens with zero attached hydrogens (tertiary/aromatic N) is 5. The van der Waals surface area contributed by atoms with Gasteiger partial charge in [-0.3, -0.25) is 9.88 Å². The van der Waals surface area contributed by atoms with Crippen LogP contribution in [-0.2, 0) is 10.8 Å². The van der Waals surface area contributed by atoms with Crippen LogP contribution in [0, 0.1) is 5.82 Å². The van der Waals surface area contributed by atoms with E-state index in [1.54, 1.807) is 6.20 Å². The molecule has 9 rings (SSSR count). The van der Waals surface area contributed by atoms with Crippen LogP contribution >= 0.6 is 0 Å². The van der Waals surface area contributed by atoms with Crippen LogP contribution < -0.4 is 20.0 Å². The van der Waals surface area contributed by atoms with E-state index in [0.717, 1.165) is 86.7 Å². The molecule has 0 unspecified atom stereocenters. The predicted octanol–water partition coefficient (Wildman–Crippen LogP) is 9.88. The molecule has 6 aromatic rings. The van der Waals surface area contributed by atoms with E-state index in [4.69, 9.17) is 24.1 Å². The first-order valence-electron chi connectivity index (χ1n) is 22.0. The highest BCUT2D eigenvalue weighted by Gasteiger charge is 2.54. The van der Waals surface area contributed by atoms with Crippen LogP contribution in [-0.4, -0.2) is 72.6 Å². The molecule has 3 aliphatic heterocycles. The predicted molar refractivity (Wildman–Crippen MR) is 241 cm³/mol. The van der Waals surface area contributed by atoms with Crippen LogP contribution in [0.15, 0.2) is 103 Å². The molecule has 2 aromatic heterocycles. The van der Waals surface area contributed by atoms with Gasteiger partial charge in [-0.1, -0.05) is 138 Å². The van der Waals surface area contributed by atoms with Crippen LogP contribution in [0.3, 0.4) is 0 Å². The monoisotopic (exact) mass is 807 g/mol. The number of hydrogen-bond donors (Lipinski definition) is 0. The average molecular weight is 808 g/mol. The first-order chi connectivity index (χ1) is 28.7. The van der Waals surface area contributed by atoms with Gasteiger partial charge in [-0.25, -0.2) is 4.39 Å². The Morgan fingerprint density at radius 2 is 1.49 bits per heavy atom. The maximum atomic E-state index is 17.2. The number of ether oxygens (including phenoxy) is 1. The van der Waals surface area contributed by atoms with Gasteiger partial charge in [-0.15, -0.1) is 0 Å². The van der Waals surface area contributed by atoms with Gasteiger partial charge in [0.25, 0.3) is 8.32 Å². The van der Waals surface area contributed by atoms with Gasteiger partial charge >= 0.3 is 6.01 Å². The number of rotatable bonds is 11. The summed E-state index contributed by atoms with van der Waals surface area (Å²) < 4.78 is 31.4. The largest absolute Gasteiger partial charge is 0.461 e. The van der Waals surface area contributed by atoms with Gasteiger partial charge in [0, 0.05) is 30.9 Å². The van der Waals surface area contributed by atoms with Crippen LogP contribution in [0.4, 0.5) is 10.2 Å². The number of benzene rings is 4. The van der Waals surface area contributed by atoms with E-state index in [-0.39, 0.29) is 28.1 Å². The van der Waals surface area contributed by atoms with E-state index >= 15 is 4.39 Å². The number of pyridine rings is 1. The van der Waals surface area contributed by atoms with Crippen molar-refractivity contribution in [3.8, 4) is 17.3 Å². The summed E-state index contributed by atoms with van der Waals surface area (Å²) in [6, 6.07) is 34.7. The second-order valence-electron chi connectivity index (χ2n) is 18.1. The lowest BCUT2D eigenvalue weighted by molar-refractivity contribution is 0.0670. The maximum absolute atomic E-state index is 17.2. The minimum atomic E-state index is -2.69. The van der Waals surface area contributed by atoms with Crippen molar-refractivity contribution in [3.05, 3.63) is 115 Å². The molecule has 7 nitrogen and oxygen atoms in total. The van der Waals surface area contributed by atoms with Gasteiger partial charge < -0.3 is 14.1 Å². The lowest BCUT2D eigenvalue weighted by Crippen LogP contribution is -2.67. The number of fused-ring (bicyclic) bond motifs is 3. The van der Waals surface area contributed by atoms with E-state index < -0.39 is 14.1 Å². The second-order valence-corrected chi connectivity index (χ2v) is 22.4. The minimum Gasteiger partial charge on any atom is -0.461 e. The molecule has 59 heavy (non-hydrogen) atoms. The number of aromatic nitrogens is 3. The molecule has 0 spiro atoms. The Morgan fingerprint density at radius 3 is 2.17 bits per heavy atom. The number of halogens is 1. The molecule has 0 amide bonds. The van der Waals surface area contributed by atoms with Crippen LogP contribution in [0.1, 0.15) is 84.6 Å². The molecule has 3 saturated heterocycles. The van der Waals surface area contributed by atoms with Crippen molar-refractivity contribution < 1.29 is 13.6 Å². The zero-order valence-corrected chi connectivity index (χ0v) is 36.2. The fourth-order valence-electron chi connectivity index (χ4n) is 10.7. The quantitative estimate of drug-likeness (QED) is 0.121. The van der Waals surface area contributed by atoms with Crippen LogP contribution in [0.2, 0.25) is 5.04 Å². The third-order valence-electron chi connectivity index (χ3n) is 13.6. The molecular formula is C50H58FN5O2Si. The van der Waals surface area contributed by atoms with Gasteiger partial charge in [0.2, 0.25) is 0 Å². The van der Waals surface area contributed by atoms with Crippen molar-refractivity contribution >= 4 is 46.2 Å². The van der Waals surface area contributed by atoms with E-state index in [9.17, 15) is 0 Å². The van der Waals surface area contributed by atoms with Crippen molar-refractivity contribution in [2.24, 2.45) is 0 Å². The molecule has 0 bridgehead atoms. The van der Waals surface area contributed by atoms with Crippen LogP contribution in [0.5, 0.6) is 6.01 Å². The van der Waals surface area contributed by atoms with Crippen molar-refractivity contribution in [2.45, 2.75) is 102 Å². The third kappa shape index (κ3) is 7.23. The molecule has 0 saturated carbocycles. The summed E-state index contributed by atoms with van der Waals surface area (Å²) in [5, 5.41) is 5.27. The van der Waals surface area contributed by atoms with Gasteiger partial charge in [-0.2, -0.15) is 9.97 Å². The van der Waals surface area contributed by atoms with Crippen molar-refractivity contribution in [1.82, 2.24) is 19.9 Å². The Morgan fingerprint density at radius 1 is 0.797 bits per heavy atom. The summed E-state index contributed by atoms with van der Waals surface area (Å²) in [6.45, 7) is 13.0. The third-order valence-corrected chi connectivity index (χ3v) is 18.6. The Kier molecular flexibility index (Phi) is 11.0. The summed E-state index contributed by atoms with van der Waals surface area (Å²) >= 11 is 0. The van der Waals surface area contributed by atoms with Crippen molar-refractivity contribution in [1.29, 1.82) is 0 Å². The normalized spacial score (nSPS) is 20.3.